The summed E-state index contributed by atoms with van der Waals surface area (Å²) in [5.74, 6) is -7.55. The van der Waals surface area contributed by atoms with Crippen molar-refractivity contribution in [2.75, 3.05) is 26.3 Å². The lowest BCUT2D eigenvalue weighted by Gasteiger charge is -2.28. The average molecular weight is 973 g/mol. The van der Waals surface area contributed by atoms with Crippen LogP contribution in [0.3, 0.4) is 0 Å². The van der Waals surface area contributed by atoms with Crippen molar-refractivity contribution in [2.45, 2.75) is 168 Å². The van der Waals surface area contributed by atoms with Crippen molar-refractivity contribution in [1.82, 2.24) is 21.3 Å². The zero-order chi connectivity index (χ0) is 51.9. The Hall–Kier alpha value is -5.47. The minimum absolute atomic E-state index is 0.00202. The van der Waals surface area contributed by atoms with Gasteiger partial charge in [-0.15, -0.1) is 0 Å². The van der Waals surface area contributed by atoms with Crippen molar-refractivity contribution in [3.63, 3.8) is 0 Å². The maximum absolute atomic E-state index is 14.3. The Bertz CT molecular complexity index is 1790. The van der Waals surface area contributed by atoms with Gasteiger partial charge in [0.1, 0.15) is 12.1 Å². The lowest BCUT2D eigenvalue weighted by molar-refractivity contribution is -0.137. The summed E-state index contributed by atoms with van der Waals surface area (Å²) in [6.07, 6.45) is 6.45. The lowest BCUT2D eigenvalue weighted by atomic mass is 9.87. The minimum atomic E-state index is -1.36. The Labute approximate surface area is 408 Å². The number of guanidine groups is 2. The number of aliphatic hydroxyl groups is 3. The number of Topliss-reactive ketones (excluding diaryl/α,β-unsaturated/α-hetero) is 3. The molecule has 1 aromatic carbocycles. The number of carbonyl (C=O) groups excluding carboxylic acids is 7. The molecular formula is C49H84N10O10. The summed E-state index contributed by atoms with van der Waals surface area (Å²) in [5, 5.41) is 41.4. The molecule has 0 aromatic heterocycles. The zero-order valence-corrected chi connectivity index (χ0v) is 41.6. The fourth-order valence-corrected chi connectivity index (χ4v) is 7.77. The van der Waals surface area contributed by atoms with E-state index >= 15 is 0 Å². The molecule has 69 heavy (non-hydrogen) atoms. The standard InChI is InChI=1S/C49H84N10O10/c1-6-7-8-9-10-11-15-22-42(66)58-44(33(5)62)47(69)59-43(31(2)3)41(65)27-35(26-34-19-13-12-14-20-34)45(67)56-37(21-17-24-55-49(52)53)40(64)28-36(29-60)46(68)57-38(30-61)39(63)25-32(4)18-16-23-54-48(50)51/h12-14,19-20,31-33,35-38,43-44,60-62H,6-11,15-18,21-30H2,1-5H3,(H,56,67)(H,57,68)(H,58,66)(H,59,69)(H4,50,51,54)(H4,52,53,55)/t32-,33-,35-,36+,37+,38+,43+,44+/m1/s1. The molecule has 4 amide bonds. The number of nitrogens with zero attached hydrogens (tertiary/aromatic N) is 2. The van der Waals surface area contributed by atoms with Crippen LogP contribution in [0.5, 0.6) is 0 Å². The third-order valence-corrected chi connectivity index (χ3v) is 11.8. The van der Waals surface area contributed by atoms with Crippen molar-refractivity contribution >= 4 is 52.9 Å². The minimum Gasteiger partial charge on any atom is -0.396 e. The molecule has 0 bridgehead atoms. The summed E-state index contributed by atoms with van der Waals surface area (Å²) in [5.41, 5.74) is 22.4. The van der Waals surface area contributed by atoms with Gasteiger partial charge < -0.3 is 59.5 Å². The first-order valence-corrected chi connectivity index (χ1v) is 24.6. The second kappa shape index (κ2) is 34.8. The van der Waals surface area contributed by atoms with Crippen LogP contribution < -0.4 is 44.2 Å². The molecule has 0 radical (unpaired) electrons. The Morgan fingerprint density at radius 2 is 1.12 bits per heavy atom. The number of hydrogen-bond acceptors (Lipinski definition) is 12. The molecule has 0 spiro atoms. The second-order valence-corrected chi connectivity index (χ2v) is 18.5. The second-order valence-electron chi connectivity index (χ2n) is 18.5. The van der Waals surface area contributed by atoms with Crippen LogP contribution in [-0.2, 0) is 40.0 Å². The molecule has 0 aliphatic carbocycles. The predicted octanol–water partition coefficient (Wildman–Crippen LogP) is 1.18. The largest absolute Gasteiger partial charge is 0.396 e. The van der Waals surface area contributed by atoms with Gasteiger partial charge in [-0.25, -0.2) is 0 Å². The van der Waals surface area contributed by atoms with Crippen LogP contribution in [0, 0.1) is 23.7 Å². The molecule has 0 saturated heterocycles. The van der Waals surface area contributed by atoms with E-state index in [-0.39, 0.29) is 62.9 Å². The topological polar surface area (TPSA) is 357 Å². The van der Waals surface area contributed by atoms with E-state index in [4.69, 9.17) is 22.9 Å². The van der Waals surface area contributed by atoms with E-state index in [0.717, 1.165) is 32.1 Å². The summed E-state index contributed by atoms with van der Waals surface area (Å²) < 4.78 is 0. The molecule has 390 valence electrons. The normalized spacial score (nSPS) is 14.7. The Morgan fingerprint density at radius 1 is 0.580 bits per heavy atom. The van der Waals surface area contributed by atoms with Crippen molar-refractivity contribution in [3.8, 4) is 0 Å². The van der Waals surface area contributed by atoms with Gasteiger partial charge in [0, 0.05) is 44.7 Å². The Kier molecular flexibility index (Phi) is 31.0. The molecule has 1 aromatic rings. The number of carbonyl (C=O) groups is 7. The molecule has 20 heteroatoms. The molecular weight excluding hydrogens is 889 g/mol. The van der Waals surface area contributed by atoms with Crippen LogP contribution in [0.25, 0.3) is 0 Å². The van der Waals surface area contributed by atoms with E-state index in [1.807, 2.05) is 6.92 Å². The highest BCUT2D eigenvalue weighted by atomic mass is 16.3. The van der Waals surface area contributed by atoms with Crippen LogP contribution in [0.4, 0.5) is 0 Å². The SMILES string of the molecule is CCCCCCCCCC(=O)N[C@H](C(=O)N[C@H](C(=O)C[C@@H](Cc1ccccc1)C(=O)N[C@@H](CCCN=C(N)N)C(=O)C[C@@H](CO)C(=O)N[C@@H](CO)C(=O)C[C@H](C)CCCN=C(N)N)C(C)C)[C@@H](C)O. The van der Waals surface area contributed by atoms with E-state index in [0.29, 0.717) is 31.4 Å². The number of aliphatic imine (C=N–C) groups is 2. The van der Waals surface area contributed by atoms with Gasteiger partial charge in [0.05, 0.1) is 37.3 Å². The number of rotatable bonds is 38. The molecule has 0 saturated carbocycles. The van der Waals surface area contributed by atoms with Crippen LogP contribution in [0.1, 0.15) is 136 Å². The summed E-state index contributed by atoms with van der Waals surface area (Å²) in [4.78, 5) is 103. The molecule has 15 N–H and O–H groups in total. The Morgan fingerprint density at radius 3 is 1.67 bits per heavy atom. The first-order valence-electron chi connectivity index (χ1n) is 24.6. The lowest BCUT2D eigenvalue weighted by Crippen LogP contribution is -2.57. The molecule has 0 aliphatic heterocycles. The summed E-state index contributed by atoms with van der Waals surface area (Å²) >= 11 is 0. The number of nitrogens with two attached hydrogens (primary N) is 4. The molecule has 0 aliphatic rings. The Balaban J connectivity index is 3.28. The third kappa shape index (κ3) is 26.2. The van der Waals surface area contributed by atoms with Crippen LogP contribution in [0.15, 0.2) is 40.3 Å². The van der Waals surface area contributed by atoms with Crippen molar-refractivity contribution in [1.29, 1.82) is 0 Å². The van der Waals surface area contributed by atoms with Gasteiger partial charge in [0.25, 0.3) is 0 Å². The first kappa shape index (κ1) is 61.5. The number of nitrogens with one attached hydrogen (secondary N) is 4. The maximum atomic E-state index is 14.3. The van der Waals surface area contributed by atoms with Crippen molar-refractivity contribution in [2.24, 2.45) is 56.6 Å². The molecule has 8 atom stereocenters. The number of ketones is 3. The highest BCUT2D eigenvalue weighted by molar-refractivity contribution is 5.97. The smallest absolute Gasteiger partial charge is 0.245 e. The highest BCUT2D eigenvalue weighted by Gasteiger charge is 2.35. The number of unbranched alkanes of at least 4 members (excludes halogenated alkanes) is 6. The summed E-state index contributed by atoms with van der Waals surface area (Å²) in [6.45, 7) is 7.71. The average Bonchev–Trinajstić information content (AvgIpc) is 3.29. The molecule has 0 fully saturated rings. The summed E-state index contributed by atoms with van der Waals surface area (Å²) in [7, 11) is 0. The number of benzene rings is 1. The van der Waals surface area contributed by atoms with Gasteiger partial charge >= 0.3 is 0 Å². The van der Waals surface area contributed by atoms with Crippen molar-refractivity contribution < 1.29 is 48.9 Å². The van der Waals surface area contributed by atoms with E-state index in [9.17, 15) is 48.9 Å². The third-order valence-electron chi connectivity index (χ3n) is 11.8. The van der Waals surface area contributed by atoms with Crippen LogP contribution in [0.2, 0.25) is 0 Å². The van der Waals surface area contributed by atoms with Gasteiger partial charge in [0.15, 0.2) is 29.3 Å². The van der Waals surface area contributed by atoms with E-state index in [2.05, 4.69) is 38.2 Å². The number of amides is 4. The first-order chi connectivity index (χ1) is 32.7. The zero-order valence-electron chi connectivity index (χ0n) is 41.6. The van der Waals surface area contributed by atoms with Gasteiger partial charge in [-0.1, -0.05) is 96.6 Å². The number of aliphatic hydroxyl groups excluding tert-OH is 3. The molecule has 0 heterocycles. The van der Waals surface area contributed by atoms with Crippen LogP contribution >= 0.6 is 0 Å². The monoisotopic (exact) mass is 973 g/mol. The van der Waals surface area contributed by atoms with E-state index in [1.54, 1.807) is 44.2 Å². The van der Waals surface area contributed by atoms with Gasteiger partial charge in [0.2, 0.25) is 23.6 Å². The molecule has 1 rings (SSSR count). The van der Waals surface area contributed by atoms with Gasteiger partial charge in [-0.05, 0) is 62.8 Å². The van der Waals surface area contributed by atoms with Crippen molar-refractivity contribution in [3.05, 3.63) is 35.9 Å². The molecule has 0 unspecified atom stereocenters. The van der Waals surface area contributed by atoms with E-state index in [1.165, 1.54) is 13.3 Å². The van der Waals surface area contributed by atoms with Gasteiger partial charge in [-0.3, -0.25) is 43.5 Å². The summed E-state index contributed by atoms with van der Waals surface area (Å²) in [6, 6.07) is 3.87. The molecule has 20 nitrogen and oxygen atoms in total. The maximum Gasteiger partial charge on any atom is 0.245 e. The fourth-order valence-electron chi connectivity index (χ4n) is 7.77. The number of hydrogen-bond donors (Lipinski definition) is 11. The van der Waals surface area contributed by atoms with Crippen LogP contribution in [-0.4, -0.2) is 125 Å². The highest BCUT2D eigenvalue weighted by Crippen LogP contribution is 2.20. The fraction of sp³-hybridized carbons (Fsp3) is 0.694. The van der Waals surface area contributed by atoms with E-state index < -0.39 is 109 Å². The van der Waals surface area contributed by atoms with Gasteiger partial charge in [-0.2, -0.15) is 0 Å². The predicted molar refractivity (Wildman–Crippen MR) is 266 cm³/mol. The quantitative estimate of drug-likeness (QED) is 0.0252.